The smallest absolute Gasteiger partial charge is 0.409 e. The van der Waals surface area contributed by atoms with Crippen molar-refractivity contribution in [2.45, 2.75) is 42.7 Å². The van der Waals surface area contributed by atoms with Gasteiger partial charge in [0.25, 0.3) is 0 Å². The lowest BCUT2D eigenvalue weighted by atomic mass is 9.69. The minimum Gasteiger partial charge on any atom is -0.453 e. The van der Waals surface area contributed by atoms with Gasteiger partial charge in [0, 0.05) is 86.0 Å². The molecule has 5 aliphatic rings. The molecular formula is C33H35N9O3. The number of aryl methyl sites for hydroxylation is 2. The van der Waals surface area contributed by atoms with Crippen LogP contribution in [0.1, 0.15) is 31.2 Å². The number of anilines is 1. The first-order chi connectivity index (χ1) is 21.7. The molecule has 12 heteroatoms. The molecule has 4 fully saturated rings. The summed E-state index contributed by atoms with van der Waals surface area (Å²) in [6.45, 7) is 2.28. The Labute approximate surface area is 259 Å². The van der Waals surface area contributed by atoms with Gasteiger partial charge in [0.1, 0.15) is 5.65 Å². The Morgan fingerprint density at radius 1 is 1.04 bits per heavy atom. The van der Waals surface area contributed by atoms with Crippen LogP contribution in [0.3, 0.4) is 0 Å². The number of aromatic nitrogens is 6. The van der Waals surface area contributed by atoms with Crippen molar-refractivity contribution in [3.63, 3.8) is 0 Å². The molecule has 1 aromatic carbocycles. The highest BCUT2D eigenvalue weighted by Crippen LogP contribution is 2.56. The molecule has 10 rings (SSSR count). The zero-order valence-corrected chi connectivity index (χ0v) is 25.9. The largest absolute Gasteiger partial charge is 0.453 e. The number of methoxy groups -OCH3 is 1. The number of pyridine rings is 1. The Balaban J connectivity index is 1.19. The number of H-pyrrole nitrogens is 1. The number of likely N-dealkylation sites (N-methyl/N-ethyl adjacent to an activating group) is 1. The quantitative estimate of drug-likeness (QED) is 0.332. The van der Waals surface area contributed by atoms with E-state index < -0.39 is 5.41 Å². The SMILES string of the molecule is COC(=O)N1CC2(N3CCC4(CC3)C(=O)N(C)c3cnc5[nH]c(-c6cnn(C)c6)c(-c6ccc7c(cnn7C)c6)c5c34)CC1C2. The number of nitrogens with zero attached hydrogens (tertiary/aromatic N) is 8. The van der Waals surface area contributed by atoms with Crippen LogP contribution in [0, 0.1) is 0 Å². The Hall–Kier alpha value is -4.71. The lowest BCUT2D eigenvalue weighted by molar-refractivity contribution is -0.125. The second-order valence-corrected chi connectivity index (χ2v) is 13.4. The summed E-state index contributed by atoms with van der Waals surface area (Å²) in [6.07, 6.45) is 10.8. The van der Waals surface area contributed by atoms with Crippen molar-refractivity contribution >= 4 is 39.6 Å². The number of nitrogens with one attached hydrogen (secondary N) is 1. The second-order valence-electron chi connectivity index (χ2n) is 13.4. The molecule has 4 aromatic heterocycles. The molecule has 1 N–H and O–H groups in total. The summed E-state index contributed by atoms with van der Waals surface area (Å²) >= 11 is 0. The molecule has 12 nitrogen and oxygen atoms in total. The number of piperidine rings is 1. The average molecular weight is 606 g/mol. The number of hydrogen-bond acceptors (Lipinski definition) is 7. The molecule has 3 saturated heterocycles. The number of carbonyl (C=O) groups excluding carboxylic acids is 2. The van der Waals surface area contributed by atoms with Gasteiger partial charge < -0.3 is 19.5 Å². The van der Waals surface area contributed by atoms with Crippen LogP contribution in [0.15, 0.2) is 43.0 Å². The van der Waals surface area contributed by atoms with E-state index >= 15 is 0 Å². The van der Waals surface area contributed by atoms with Gasteiger partial charge in [0.2, 0.25) is 5.91 Å². The van der Waals surface area contributed by atoms with Crippen molar-refractivity contribution in [1.82, 2.24) is 39.3 Å². The van der Waals surface area contributed by atoms with Gasteiger partial charge in [0.15, 0.2) is 0 Å². The minimum absolute atomic E-state index is 0.0176. The van der Waals surface area contributed by atoms with E-state index in [1.54, 1.807) is 4.68 Å². The second kappa shape index (κ2) is 8.94. The number of aromatic amines is 1. The number of carbonyl (C=O) groups is 2. The van der Waals surface area contributed by atoms with Gasteiger partial charge >= 0.3 is 6.09 Å². The maximum absolute atomic E-state index is 14.4. The van der Waals surface area contributed by atoms with Crippen LogP contribution in [0.2, 0.25) is 0 Å². The molecule has 2 bridgehead atoms. The molecule has 0 unspecified atom stereocenters. The van der Waals surface area contributed by atoms with Crippen molar-refractivity contribution < 1.29 is 14.3 Å². The third kappa shape index (κ3) is 3.43. The predicted octanol–water partition coefficient (Wildman–Crippen LogP) is 3.81. The Morgan fingerprint density at radius 3 is 2.58 bits per heavy atom. The van der Waals surface area contributed by atoms with Crippen molar-refractivity contribution in [2.24, 2.45) is 14.1 Å². The topological polar surface area (TPSA) is 117 Å². The van der Waals surface area contributed by atoms with E-state index in [0.29, 0.717) is 19.4 Å². The number of ether oxygens (including phenoxy) is 1. The fourth-order valence-corrected chi connectivity index (χ4v) is 8.92. The van der Waals surface area contributed by atoms with E-state index in [-0.39, 0.29) is 23.6 Å². The van der Waals surface area contributed by atoms with Crippen molar-refractivity contribution in [1.29, 1.82) is 0 Å². The highest BCUT2D eigenvalue weighted by molar-refractivity contribution is 6.16. The Morgan fingerprint density at radius 2 is 1.84 bits per heavy atom. The molecule has 8 heterocycles. The normalized spacial score (nSPS) is 23.8. The van der Waals surface area contributed by atoms with Crippen LogP contribution < -0.4 is 4.90 Å². The molecule has 45 heavy (non-hydrogen) atoms. The summed E-state index contributed by atoms with van der Waals surface area (Å²) in [5.41, 5.74) is 7.05. The summed E-state index contributed by atoms with van der Waals surface area (Å²) in [7, 11) is 7.20. The van der Waals surface area contributed by atoms with E-state index in [2.05, 4.69) is 38.3 Å². The zero-order valence-electron chi connectivity index (χ0n) is 25.9. The van der Waals surface area contributed by atoms with E-state index in [4.69, 9.17) is 9.72 Å². The molecular weight excluding hydrogens is 570 g/mol. The predicted molar refractivity (Wildman–Crippen MR) is 169 cm³/mol. The number of fused-ring (bicyclic) bond motifs is 6. The molecule has 2 amide bonds. The van der Waals surface area contributed by atoms with Crippen LogP contribution in [0.4, 0.5) is 10.5 Å². The van der Waals surface area contributed by atoms with Gasteiger partial charge in [-0.1, -0.05) is 6.07 Å². The molecule has 1 spiro atoms. The van der Waals surface area contributed by atoms with Gasteiger partial charge in [-0.05, 0) is 43.4 Å². The Bertz CT molecular complexity index is 2060. The Kier molecular flexibility index (Phi) is 5.30. The summed E-state index contributed by atoms with van der Waals surface area (Å²) in [5, 5.41) is 11.0. The van der Waals surface area contributed by atoms with Crippen LogP contribution >= 0.6 is 0 Å². The molecule has 230 valence electrons. The highest BCUT2D eigenvalue weighted by atomic mass is 16.5. The van der Waals surface area contributed by atoms with E-state index in [0.717, 1.165) is 81.5 Å². The van der Waals surface area contributed by atoms with Crippen molar-refractivity contribution in [3.8, 4) is 22.4 Å². The lowest BCUT2D eigenvalue weighted by Gasteiger charge is -2.50. The summed E-state index contributed by atoms with van der Waals surface area (Å²) < 4.78 is 8.73. The van der Waals surface area contributed by atoms with E-state index in [1.807, 2.05) is 60.4 Å². The van der Waals surface area contributed by atoms with Crippen molar-refractivity contribution in [2.75, 3.05) is 38.7 Å². The summed E-state index contributed by atoms with van der Waals surface area (Å²) in [5.74, 6) is 0.135. The van der Waals surface area contributed by atoms with Crippen LogP contribution in [-0.4, -0.2) is 96.7 Å². The van der Waals surface area contributed by atoms with Gasteiger partial charge in [-0.3, -0.25) is 19.1 Å². The van der Waals surface area contributed by atoms with Crippen LogP contribution in [0.5, 0.6) is 0 Å². The maximum atomic E-state index is 14.4. The number of hydrogen-bond donors (Lipinski definition) is 1. The first-order valence-corrected chi connectivity index (χ1v) is 15.6. The van der Waals surface area contributed by atoms with Crippen LogP contribution in [0.25, 0.3) is 44.3 Å². The van der Waals surface area contributed by atoms with Crippen LogP contribution in [-0.2, 0) is 29.0 Å². The monoisotopic (exact) mass is 605 g/mol. The molecule has 0 radical (unpaired) electrons. The average Bonchev–Trinajstić information content (AvgIpc) is 3.88. The fourth-order valence-electron chi connectivity index (χ4n) is 8.92. The van der Waals surface area contributed by atoms with Gasteiger partial charge in [-0.15, -0.1) is 0 Å². The van der Waals surface area contributed by atoms with E-state index in [9.17, 15) is 9.59 Å². The number of amides is 2. The molecule has 0 atom stereocenters. The van der Waals surface area contributed by atoms with Gasteiger partial charge in [-0.25, -0.2) is 9.78 Å². The number of likely N-dealkylation sites (tertiary alicyclic amines) is 1. The maximum Gasteiger partial charge on any atom is 0.409 e. The third-order valence-electron chi connectivity index (χ3n) is 11.2. The van der Waals surface area contributed by atoms with Gasteiger partial charge in [0.05, 0.1) is 48.0 Å². The molecule has 4 aliphatic heterocycles. The first-order valence-electron chi connectivity index (χ1n) is 15.6. The zero-order chi connectivity index (χ0) is 30.8. The summed E-state index contributed by atoms with van der Waals surface area (Å²) in [6, 6.07) is 6.68. The number of rotatable bonds is 3. The third-order valence-corrected chi connectivity index (χ3v) is 11.2. The molecule has 1 aliphatic carbocycles. The molecule has 1 saturated carbocycles. The van der Waals surface area contributed by atoms with Crippen molar-refractivity contribution in [3.05, 3.63) is 48.5 Å². The standard InChI is InChI=1S/C33H35N9O3/c1-38-17-21(15-35-38)28-25(19-5-6-23-20(11-19)14-36-40(23)3)26-27-24(16-34-29(26)37-28)39(2)30(43)33(27)7-9-41(10-8-33)32-12-22(13-32)42(18-32)31(44)45-4/h5-6,11,14-17,22H,7-10,12-13,18H2,1-4H3,(H,34,37). The fraction of sp³-hybridized carbons (Fsp3) is 0.424. The lowest BCUT2D eigenvalue weighted by Crippen LogP contribution is -2.60. The van der Waals surface area contributed by atoms with E-state index in [1.165, 1.54) is 7.11 Å². The highest BCUT2D eigenvalue weighted by Gasteiger charge is 2.62. The first kappa shape index (κ1) is 26.7. The minimum atomic E-state index is -0.663. The number of benzene rings is 1. The molecule has 5 aromatic rings. The summed E-state index contributed by atoms with van der Waals surface area (Å²) in [4.78, 5) is 41.5. The van der Waals surface area contributed by atoms with Gasteiger partial charge in [-0.2, -0.15) is 10.2 Å².